The molecule has 0 saturated heterocycles. The standard InChI is InChI=1S/C16H20N2/c1-10-8-12(3)15(9-11(10)2)16(17)14-6-5-7-18-13(14)4/h5-9,16H,17H2,1-4H3. The molecule has 94 valence electrons. The monoisotopic (exact) mass is 240 g/mol. The van der Waals surface area contributed by atoms with E-state index in [1.54, 1.807) is 6.20 Å². The van der Waals surface area contributed by atoms with Gasteiger partial charge < -0.3 is 5.73 Å². The zero-order valence-electron chi connectivity index (χ0n) is 11.5. The molecule has 2 heteroatoms. The lowest BCUT2D eigenvalue weighted by Gasteiger charge is -2.18. The van der Waals surface area contributed by atoms with Crippen molar-refractivity contribution in [1.29, 1.82) is 0 Å². The molecule has 0 amide bonds. The van der Waals surface area contributed by atoms with Crippen LogP contribution in [0.5, 0.6) is 0 Å². The molecule has 2 aromatic rings. The molecule has 1 unspecified atom stereocenters. The molecule has 1 atom stereocenters. The predicted octanol–water partition coefficient (Wildman–Crippen LogP) is 3.36. The summed E-state index contributed by atoms with van der Waals surface area (Å²) in [5, 5.41) is 0. The lowest BCUT2D eigenvalue weighted by molar-refractivity contribution is 0.837. The second-order valence-corrected chi connectivity index (χ2v) is 4.95. The van der Waals surface area contributed by atoms with Crippen molar-refractivity contribution in [3.05, 3.63) is 64.0 Å². The summed E-state index contributed by atoms with van der Waals surface area (Å²) in [5.41, 5.74) is 13.5. The second kappa shape index (κ2) is 4.91. The SMILES string of the molecule is Cc1cc(C)c(C(N)c2cccnc2C)cc1C. The number of aryl methyl sites for hydroxylation is 4. The Bertz CT molecular complexity index is 573. The molecule has 0 radical (unpaired) electrons. The molecule has 2 rings (SSSR count). The van der Waals surface area contributed by atoms with E-state index in [1.807, 2.05) is 13.0 Å². The molecule has 2 N–H and O–H groups in total. The van der Waals surface area contributed by atoms with E-state index in [1.165, 1.54) is 22.3 Å². The van der Waals surface area contributed by atoms with Crippen molar-refractivity contribution in [3.8, 4) is 0 Å². The quantitative estimate of drug-likeness (QED) is 0.874. The van der Waals surface area contributed by atoms with Crippen molar-refractivity contribution in [2.24, 2.45) is 5.73 Å². The minimum atomic E-state index is -0.0991. The number of benzene rings is 1. The Morgan fingerprint density at radius 1 is 0.944 bits per heavy atom. The van der Waals surface area contributed by atoms with Crippen LogP contribution in [0.3, 0.4) is 0 Å². The van der Waals surface area contributed by atoms with Gasteiger partial charge in [-0.3, -0.25) is 4.98 Å². The molecule has 1 aromatic heterocycles. The summed E-state index contributed by atoms with van der Waals surface area (Å²) in [6, 6.07) is 8.30. The first kappa shape index (κ1) is 12.8. The lowest BCUT2D eigenvalue weighted by atomic mass is 9.92. The first-order valence-corrected chi connectivity index (χ1v) is 6.25. The minimum absolute atomic E-state index is 0.0991. The van der Waals surface area contributed by atoms with Crippen LogP contribution in [0.2, 0.25) is 0 Å². The summed E-state index contributed by atoms with van der Waals surface area (Å²) in [6.45, 7) is 8.38. The zero-order chi connectivity index (χ0) is 13.3. The molecule has 0 saturated carbocycles. The van der Waals surface area contributed by atoms with E-state index in [0.29, 0.717) is 0 Å². The van der Waals surface area contributed by atoms with E-state index in [0.717, 1.165) is 11.3 Å². The highest BCUT2D eigenvalue weighted by atomic mass is 14.7. The van der Waals surface area contributed by atoms with Crippen molar-refractivity contribution < 1.29 is 0 Å². The fraction of sp³-hybridized carbons (Fsp3) is 0.312. The van der Waals surface area contributed by atoms with Crippen LogP contribution in [0, 0.1) is 27.7 Å². The highest BCUT2D eigenvalue weighted by Gasteiger charge is 2.14. The summed E-state index contributed by atoms with van der Waals surface area (Å²) in [4.78, 5) is 4.32. The van der Waals surface area contributed by atoms with Crippen molar-refractivity contribution in [2.45, 2.75) is 33.7 Å². The van der Waals surface area contributed by atoms with Gasteiger partial charge in [-0.15, -0.1) is 0 Å². The Morgan fingerprint density at radius 2 is 1.61 bits per heavy atom. The summed E-state index contributed by atoms with van der Waals surface area (Å²) < 4.78 is 0. The lowest BCUT2D eigenvalue weighted by Crippen LogP contribution is -2.15. The van der Waals surface area contributed by atoms with Gasteiger partial charge in [0.25, 0.3) is 0 Å². The third-order valence-electron chi connectivity index (χ3n) is 3.60. The number of hydrogen-bond donors (Lipinski definition) is 1. The number of aromatic nitrogens is 1. The number of pyridine rings is 1. The van der Waals surface area contributed by atoms with Gasteiger partial charge in [0.2, 0.25) is 0 Å². The minimum Gasteiger partial charge on any atom is -0.320 e. The Morgan fingerprint density at radius 3 is 2.28 bits per heavy atom. The van der Waals surface area contributed by atoms with Gasteiger partial charge in [0.15, 0.2) is 0 Å². The van der Waals surface area contributed by atoms with Crippen LogP contribution >= 0.6 is 0 Å². The normalized spacial score (nSPS) is 12.5. The average molecular weight is 240 g/mol. The maximum Gasteiger partial charge on any atom is 0.0572 e. The van der Waals surface area contributed by atoms with Gasteiger partial charge in [0, 0.05) is 11.9 Å². The van der Waals surface area contributed by atoms with Crippen molar-refractivity contribution in [3.63, 3.8) is 0 Å². The summed E-state index contributed by atoms with van der Waals surface area (Å²) >= 11 is 0. The fourth-order valence-corrected chi connectivity index (χ4v) is 2.31. The van der Waals surface area contributed by atoms with E-state index in [2.05, 4.69) is 44.0 Å². The molecule has 0 aliphatic carbocycles. The molecule has 0 bridgehead atoms. The molecule has 18 heavy (non-hydrogen) atoms. The zero-order valence-corrected chi connectivity index (χ0v) is 11.5. The molecule has 2 nitrogen and oxygen atoms in total. The predicted molar refractivity (Wildman–Crippen MR) is 75.7 cm³/mol. The maximum absolute atomic E-state index is 6.40. The van der Waals surface area contributed by atoms with Gasteiger partial charge >= 0.3 is 0 Å². The van der Waals surface area contributed by atoms with Crippen LogP contribution in [0.1, 0.15) is 39.6 Å². The van der Waals surface area contributed by atoms with Crippen LogP contribution in [0.15, 0.2) is 30.5 Å². The first-order chi connectivity index (χ1) is 8.50. The molecular weight excluding hydrogens is 220 g/mol. The highest BCUT2D eigenvalue weighted by Crippen LogP contribution is 2.26. The van der Waals surface area contributed by atoms with E-state index >= 15 is 0 Å². The maximum atomic E-state index is 6.40. The average Bonchev–Trinajstić information content (AvgIpc) is 2.33. The molecule has 0 aliphatic rings. The molecular formula is C16H20N2. The van der Waals surface area contributed by atoms with Crippen molar-refractivity contribution >= 4 is 0 Å². The van der Waals surface area contributed by atoms with Gasteiger partial charge in [0.1, 0.15) is 0 Å². The topological polar surface area (TPSA) is 38.9 Å². The molecule has 1 aromatic carbocycles. The molecule has 0 fully saturated rings. The van der Waals surface area contributed by atoms with E-state index in [-0.39, 0.29) is 6.04 Å². The van der Waals surface area contributed by atoms with Crippen LogP contribution in [0.4, 0.5) is 0 Å². The number of hydrogen-bond acceptors (Lipinski definition) is 2. The molecule has 0 aliphatic heterocycles. The summed E-state index contributed by atoms with van der Waals surface area (Å²) in [7, 11) is 0. The van der Waals surface area contributed by atoms with Crippen LogP contribution < -0.4 is 5.73 Å². The van der Waals surface area contributed by atoms with E-state index in [9.17, 15) is 0 Å². The first-order valence-electron chi connectivity index (χ1n) is 6.25. The fourth-order valence-electron chi connectivity index (χ4n) is 2.31. The van der Waals surface area contributed by atoms with E-state index in [4.69, 9.17) is 5.73 Å². The Hall–Kier alpha value is -1.67. The van der Waals surface area contributed by atoms with Gasteiger partial charge in [-0.25, -0.2) is 0 Å². The van der Waals surface area contributed by atoms with Crippen molar-refractivity contribution in [1.82, 2.24) is 4.98 Å². The smallest absolute Gasteiger partial charge is 0.0572 e. The Labute approximate surface area is 109 Å². The Kier molecular flexibility index (Phi) is 3.48. The van der Waals surface area contributed by atoms with Crippen LogP contribution in [-0.4, -0.2) is 4.98 Å². The highest BCUT2D eigenvalue weighted by molar-refractivity contribution is 5.42. The van der Waals surface area contributed by atoms with E-state index < -0.39 is 0 Å². The van der Waals surface area contributed by atoms with Gasteiger partial charge in [-0.2, -0.15) is 0 Å². The van der Waals surface area contributed by atoms with Crippen molar-refractivity contribution in [2.75, 3.05) is 0 Å². The van der Waals surface area contributed by atoms with Gasteiger partial charge in [0.05, 0.1) is 6.04 Å². The number of rotatable bonds is 2. The molecule has 1 heterocycles. The van der Waals surface area contributed by atoms with Crippen LogP contribution in [0.25, 0.3) is 0 Å². The second-order valence-electron chi connectivity index (χ2n) is 4.95. The summed E-state index contributed by atoms with van der Waals surface area (Å²) in [5.74, 6) is 0. The Balaban J connectivity index is 2.50. The third-order valence-corrected chi connectivity index (χ3v) is 3.60. The number of nitrogens with two attached hydrogens (primary N) is 1. The summed E-state index contributed by atoms with van der Waals surface area (Å²) in [6.07, 6.45) is 1.80. The third kappa shape index (κ3) is 2.29. The number of nitrogens with zero attached hydrogens (tertiary/aromatic N) is 1. The van der Waals surface area contributed by atoms with Gasteiger partial charge in [-0.1, -0.05) is 18.2 Å². The van der Waals surface area contributed by atoms with Gasteiger partial charge in [-0.05, 0) is 61.6 Å². The largest absolute Gasteiger partial charge is 0.320 e. The molecule has 0 spiro atoms. The van der Waals surface area contributed by atoms with Crippen LogP contribution in [-0.2, 0) is 0 Å².